The molecule has 90 valence electrons. The average molecular weight is 237 g/mol. The second-order valence-corrected chi connectivity index (χ2v) is 6.56. The Morgan fingerprint density at radius 2 is 2.25 bits per heavy atom. The lowest BCUT2D eigenvalue weighted by atomic mass is 10.0. The van der Waals surface area contributed by atoms with Crippen molar-refractivity contribution in [3.05, 3.63) is 22.4 Å². The van der Waals surface area contributed by atoms with Gasteiger partial charge in [-0.3, -0.25) is 0 Å². The van der Waals surface area contributed by atoms with Gasteiger partial charge in [0.15, 0.2) is 0 Å². The van der Waals surface area contributed by atoms with Gasteiger partial charge in [-0.15, -0.1) is 11.3 Å². The maximum Gasteiger partial charge on any atom is 0.0417 e. The van der Waals surface area contributed by atoms with Crippen molar-refractivity contribution in [3.63, 3.8) is 0 Å². The van der Waals surface area contributed by atoms with Gasteiger partial charge in [0.05, 0.1) is 0 Å². The van der Waals surface area contributed by atoms with E-state index in [2.05, 4.69) is 43.6 Å². The number of hydrogen-bond acceptors (Lipinski definition) is 2. The number of thiophene rings is 1. The molecular weight excluding hydrogens is 214 g/mol. The number of rotatable bonds is 6. The Morgan fingerprint density at radius 1 is 1.50 bits per heavy atom. The van der Waals surface area contributed by atoms with Crippen LogP contribution in [0.2, 0.25) is 0 Å². The van der Waals surface area contributed by atoms with E-state index < -0.39 is 0 Å². The SMILES string of the molecule is CC(C)CC(NCC1CC1C)c1cccs1. The fourth-order valence-corrected chi connectivity index (χ4v) is 3.05. The van der Waals surface area contributed by atoms with Crippen molar-refractivity contribution in [2.45, 2.75) is 39.7 Å². The van der Waals surface area contributed by atoms with Crippen molar-refractivity contribution in [1.82, 2.24) is 5.32 Å². The Morgan fingerprint density at radius 3 is 2.75 bits per heavy atom. The van der Waals surface area contributed by atoms with Gasteiger partial charge in [-0.25, -0.2) is 0 Å². The van der Waals surface area contributed by atoms with Crippen LogP contribution in [0.25, 0.3) is 0 Å². The molecule has 3 unspecified atom stereocenters. The maximum absolute atomic E-state index is 3.76. The molecule has 1 nitrogen and oxygen atoms in total. The normalized spacial score (nSPS) is 26.0. The summed E-state index contributed by atoms with van der Waals surface area (Å²) >= 11 is 1.88. The first kappa shape index (κ1) is 12.1. The van der Waals surface area contributed by atoms with Crippen molar-refractivity contribution in [1.29, 1.82) is 0 Å². The zero-order valence-corrected chi connectivity index (χ0v) is 11.4. The van der Waals surface area contributed by atoms with E-state index in [0.29, 0.717) is 6.04 Å². The first-order valence-corrected chi connectivity index (χ1v) is 7.31. The first-order chi connectivity index (χ1) is 7.66. The van der Waals surface area contributed by atoms with E-state index >= 15 is 0 Å². The minimum absolute atomic E-state index is 0.577. The highest BCUT2D eigenvalue weighted by Crippen LogP contribution is 2.37. The van der Waals surface area contributed by atoms with Crippen LogP contribution in [0, 0.1) is 17.8 Å². The molecule has 1 N–H and O–H groups in total. The lowest BCUT2D eigenvalue weighted by Gasteiger charge is -2.19. The average Bonchev–Trinajstić information content (AvgIpc) is 2.74. The predicted molar refractivity (Wildman–Crippen MR) is 71.8 cm³/mol. The molecular formula is C14H23NS. The Balaban J connectivity index is 1.87. The summed E-state index contributed by atoms with van der Waals surface area (Å²) in [4.78, 5) is 1.50. The molecule has 1 fully saturated rings. The first-order valence-electron chi connectivity index (χ1n) is 6.43. The van der Waals surface area contributed by atoms with Gasteiger partial charge in [0.25, 0.3) is 0 Å². The van der Waals surface area contributed by atoms with Crippen LogP contribution in [0.5, 0.6) is 0 Å². The Bertz CT molecular complexity index is 305. The molecule has 1 heterocycles. The lowest BCUT2D eigenvalue weighted by molar-refractivity contribution is 0.424. The third-order valence-electron chi connectivity index (χ3n) is 3.50. The quantitative estimate of drug-likeness (QED) is 0.786. The Labute approximate surface area is 103 Å². The molecule has 1 saturated carbocycles. The molecule has 1 aromatic heterocycles. The molecule has 0 spiro atoms. The highest BCUT2D eigenvalue weighted by Gasteiger charge is 2.32. The molecule has 0 amide bonds. The summed E-state index contributed by atoms with van der Waals surface area (Å²) in [6.07, 6.45) is 2.67. The monoisotopic (exact) mass is 237 g/mol. The van der Waals surface area contributed by atoms with Crippen LogP contribution in [0.4, 0.5) is 0 Å². The van der Waals surface area contributed by atoms with Crippen molar-refractivity contribution >= 4 is 11.3 Å². The molecule has 3 atom stereocenters. The van der Waals surface area contributed by atoms with Crippen molar-refractivity contribution in [3.8, 4) is 0 Å². The van der Waals surface area contributed by atoms with Crippen molar-refractivity contribution in [2.75, 3.05) is 6.54 Å². The second-order valence-electron chi connectivity index (χ2n) is 5.58. The fraction of sp³-hybridized carbons (Fsp3) is 0.714. The molecule has 1 aliphatic rings. The van der Waals surface area contributed by atoms with E-state index in [9.17, 15) is 0 Å². The summed E-state index contributed by atoms with van der Waals surface area (Å²) < 4.78 is 0. The molecule has 1 aromatic rings. The van der Waals surface area contributed by atoms with Gasteiger partial charge in [0, 0.05) is 10.9 Å². The van der Waals surface area contributed by atoms with Crippen molar-refractivity contribution in [2.24, 2.45) is 17.8 Å². The Hall–Kier alpha value is -0.340. The Kier molecular flexibility index (Phi) is 4.04. The minimum Gasteiger partial charge on any atom is -0.309 e. The summed E-state index contributed by atoms with van der Waals surface area (Å²) in [5, 5.41) is 5.94. The molecule has 1 aliphatic carbocycles. The summed E-state index contributed by atoms with van der Waals surface area (Å²) in [5.41, 5.74) is 0. The van der Waals surface area contributed by atoms with Gasteiger partial charge >= 0.3 is 0 Å². The van der Waals surface area contributed by atoms with Crippen LogP contribution >= 0.6 is 11.3 Å². The van der Waals surface area contributed by atoms with Gasteiger partial charge in [-0.2, -0.15) is 0 Å². The fourth-order valence-electron chi connectivity index (χ4n) is 2.24. The van der Waals surface area contributed by atoms with Gasteiger partial charge in [-0.05, 0) is 48.6 Å². The van der Waals surface area contributed by atoms with Crippen LogP contribution < -0.4 is 5.32 Å². The highest BCUT2D eigenvalue weighted by molar-refractivity contribution is 7.10. The summed E-state index contributed by atoms with van der Waals surface area (Å²) in [6.45, 7) is 8.18. The zero-order chi connectivity index (χ0) is 11.5. The molecule has 0 saturated heterocycles. The van der Waals surface area contributed by atoms with E-state index in [0.717, 1.165) is 17.8 Å². The van der Waals surface area contributed by atoms with Crippen LogP contribution in [0.15, 0.2) is 17.5 Å². The lowest BCUT2D eigenvalue weighted by Crippen LogP contribution is -2.24. The van der Waals surface area contributed by atoms with E-state index in [1.165, 1.54) is 24.3 Å². The molecule has 0 aromatic carbocycles. The van der Waals surface area contributed by atoms with Crippen LogP contribution in [0.1, 0.15) is 44.5 Å². The van der Waals surface area contributed by atoms with Crippen LogP contribution in [0.3, 0.4) is 0 Å². The van der Waals surface area contributed by atoms with Gasteiger partial charge in [0.2, 0.25) is 0 Å². The summed E-state index contributed by atoms with van der Waals surface area (Å²) in [6, 6.07) is 5.00. The van der Waals surface area contributed by atoms with Gasteiger partial charge < -0.3 is 5.32 Å². The van der Waals surface area contributed by atoms with Gasteiger partial charge in [-0.1, -0.05) is 26.8 Å². The van der Waals surface area contributed by atoms with E-state index in [1.54, 1.807) is 0 Å². The summed E-state index contributed by atoms with van der Waals surface area (Å²) in [5.74, 6) is 2.65. The van der Waals surface area contributed by atoms with E-state index in [1.807, 2.05) is 11.3 Å². The standard InChI is InChI=1S/C14H23NS/c1-10(2)7-13(14-5-4-6-16-14)15-9-12-8-11(12)3/h4-6,10-13,15H,7-9H2,1-3H3. The highest BCUT2D eigenvalue weighted by atomic mass is 32.1. The third kappa shape index (κ3) is 3.33. The molecule has 2 rings (SSSR count). The topological polar surface area (TPSA) is 12.0 Å². The summed E-state index contributed by atoms with van der Waals surface area (Å²) in [7, 11) is 0. The molecule has 16 heavy (non-hydrogen) atoms. The minimum atomic E-state index is 0.577. The predicted octanol–water partition coefficient (Wildman–Crippen LogP) is 4.08. The molecule has 0 aliphatic heterocycles. The molecule has 0 radical (unpaired) electrons. The van der Waals surface area contributed by atoms with E-state index in [-0.39, 0.29) is 0 Å². The largest absolute Gasteiger partial charge is 0.309 e. The third-order valence-corrected chi connectivity index (χ3v) is 4.48. The van der Waals surface area contributed by atoms with E-state index in [4.69, 9.17) is 0 Å². The maximum atomic E-state index is 3.76. The smallest absolute Gasteiger partial charge is 0.0417 e. The van der Waals surface area contributed by atoms with Crippen molar-refractivity contribution < 1.29 is 0 Å². The molecule has 2 heteroatoms. The number of hydrogen-bond donors (Lipinski definition) is 1. The van der Waals surface area contributed by atoms with Crippen LogP contribution in [-0.4, -0.2) is 6.54 Å². The van der Waals surface area contributed by atoms with Gasteiger partial charge in [0.1, 0.15) is 0 Å². The second kappa shape index (κ2) is 5.33. The number of nitrogens with one attached hydrogen (secondary N) is 1. The molecule has 0 bridgehead atoms. The van der Waals surface area contributed by atoms with Crippen LogP contribution in [-0.2, 0) is 0 Å². The zero-order valence-electron chi connectivity index (χ0n) is 10.6.